The van der Waals surface area contributed by atoms with Crippen LogP contribution in [0.25, 0.3) is 0 Å². The summed E-state index contributed by atoms with van der Waals surface area (Å²) in [7, 11) is 0. The first-order valence-electron chi connectivity index (χ1n) is 5.44. The molecule has 118 valence electrons. The van der Waals surface area contributed by atoms with E-state index in [1.807, 2.05) is 0 Å². The summed E-state index contributed by atoms with van der Waals surface area (Å²) in [6.45, 7) is 0. The van der Waals surface area contributed by atoms with Crippen LogP contribution in [0.4, 0.5) is 0 Å². The Bertz CT molecular complexity index is 717. The summed E-state index contributed by atoms with van der Waals surface area (Å²) in [4.78, 5) is 57.3. The van der Waals surface area contributed by atoms with Gasteiger partial charge >= 0.3 is 29.6 Å². The zero-order chi connectivity index (χ0) is 17.4. The molecule has 0 atom stereocenters. The second-order valence-corrected chi connectivity index (χ2v) is 4.49. The van der Waals surface area contributed by atoms with Crippen molar-refractivity contribution in [2.24, 2.45) is 28.7 Å². The molecule has 0 aliphatic heterocycles. The van der Waals surface area contributed by atoms with E-state index in [4.69, 9.17) is 28.7 Å². The number of rotatable bonds is 5. The van der Waals surface area contributed by atoms with Gasteiger partial charge in [0.25, 0.3) is 11.8 Å². The first kappa shape index (κ1) is 20.9. The smallest absolute Gasteiger partial charge is 1.00 e. The van der Waals surface area contributed by atoms with Crippen molar-refractivity contribution in [1.82, 2.24) is 0 Å². The molecule has 0 aromatic heterocycles. The van der Waals surface area contributed by atoms with Crippen LogP contribution in [0.15, 0.2) is 4.90 Å². The van der Waals surface area contributed by atoms with Crippen LogP contribution in [0, 0.1) is 0 Å². The van der Waals surface area contributed by atoms with Gasteiger partial charge in [0.1, 0.15) is 0 Å². The van der Waals surface area contributed by atoms with E-state index in [0.717, 1.165) is 0 Å². The molecule has 0 aliphatic carbocycles. The fourth-order valence-corrected chi connectivity index (χ4v) is 2.40. The molecule has 0 bridgehead atoms. The van der Waals surface area contributed by atoms with E-state index in [2.05, 4.69) is 12.6 Å². The Morgan fingerprint density at radius 2 is 0.739 bits per heavy atom. The predicted molar refractivity (Wildman–Crippen MR) is 77.4 cm³/mol. The van der Waals surface area contributed by atoms with Crippen LogP contribution in [0.1, 0.15) is 53.2 Å². The standard InChI is InChI=1S/C11H11N5O5S.Na.H/c12-7(17)1-2(8(13)18)4(10(15)20)6(22)5(11(16)21)3(1)9(14)19;;/h22H,(H2,12,17)(H2,13,18)(H2,14,19)(H2,15,20)(H2,16,21);;/q;+1;-1. The van der Waals surface area contributed by atoms with Crippen molar-refractivity contribution in [1.29, 1.82) is 0 Å². The molecule has 0 spiro atoms. The van der Waals surface area contributed by atoms with Crippen molar-refractivity contribution in [2.45, 2.75) is 4.90 Å². The molecule has 23 heavy (non-hydrogen) atoms. The largest absolute Gasteiger partial charge is 1.00 e. The van der Waals surface area contributed by atoms with Crippen molar-refractivity contribution in [2.75, 3.05) is 0 Å². The van der Waals surface area contributed by atoms with Crippen LogP contribution in [0.2, 0.25) is 0 Å². The van der Waals surface area contributed by atoms with Crippen LogP contribution < -0.4 is 58.2 Å². The fourth-order valence-electron chi connectivity index (χ4n) is 1.96. The molecule has 1 rings (SSSR count). The Balaban J connectivity index is 0. The van der Waals surface area contributed by atoms with Crippen LogP contribution in [-0.4, -0.2) is 29.5 Å². The van der Waals surface area contributed by atoms with Crippen molar-refractivity contribution < 1.29 is 55.0 Å². The molecule has 0 radical (unpaired) electrons. The van der Waals surface area contributed by atoms with Gasteiger partial charge in [-0.2, -0.15) is 0 Å². The van der Waals surface area contributed by atoms with Gasteiger partial charge in [-0.05, 0) is 0 Å². The molecule has 0 saturated carbocycles. The molecule has 0 saturated heterocycles. The number of carbonyl (C=O) groups is 5. The Kier molecular flexibility index (Phi) is 6.78. The molecule has 12 heteroatoms. The molecule has 0 aliphatic rings. The van der Waals surface area contributed by atoms with Crippen LogP contribution in [0.3, 0.4) is 0 Å². The maximum atomic E-state index is 11.6. The fraction of sp³-hybridized carbons (Fsp3) is 0. The first-order chi connectivity index (χ1) is 10.0. The average molecular weight is 349 g/mol. The summed E-state index contributed by atoms with van der Waals surface area (Å²) in [6, 6.07) is 0. The second kappa shape index (κ2) is 7.46. The minimum absolute atomic E-state index is 0. The van der Waals surface area contributed by atoms with Crippen molar-refractivity contribution in [3.63, 3.8) is 0 Å². The molecule has 5 amide bonds. The average Bonchev–Trinajstić information content (AvgIpc) is 2.34. The number of hydrogen-bond acceptors (Lipinski definition) is 6. The Morgan fingerprint density at radius 1 is 0.565 bits per heavy atom. The Labute approximate surface area is 158 Å². The van der Waals surface area contributed by atoms with Gasteiger partial charge in [-0.25, -0.2) is 0 Å². The Hall–Kier alpha value is -2.08. The minimum Gasteiger partial charge on any atom is -1.00 e. The first-order valence-corrected chi connectivity index (χ1v) is 5.88. The summed E-state index contributed by atoms with van der Waals surface area (Å²) < 4.78 is 0. The zero-order valence-electron chi connectivity index (χ0n) is 12.9. The van der Waals surface area contributed by atoms with Crippen LogP contribution in [0.5, 0.6) is 0 Å². The number of primary amides is 5. The number of nitrogens with two attached hydrogens (primary N) is 5. The van der Waals surface area contributed by atoms with Crippen LogP contribution in [-0.2, 0) is 0 Å². The summed E-state index contributed by atoms with van der Waals surface area (Å²) in [5.41, 5.74) is 21.8. The summed E-state index contributed by atoms with van der Waals surface area (Å²) >= 11 is 3.87. The molecule has 10 nitrogen and oxygen atoms in total. The molecule has 1 aromatic rings. The molecular weight excluding hydrogens is 337 g/mol. The van der Waals surface area contributed by atoms with Gasteiger partial charge in [-0.1, -0.05) is 0 Å². The van der Waals surface area contributed by atoms with E-state index >= 15 is 0 Å². The van der Waals surface area contributed by atoms with Crippen molar-refractivity contribution in [3.05, 3.63) is 27.8 Å². The van der Waals surface area contributed by atoms with Gasteiger partial charge in [0.05, 0.1) is 27.8 Å². The van der Waals surface area contributed by atoms with E-state index in [0.29, 0.717) is 0 Å². The summed E-state index contributed by atoms with van der Waals surface area (Å²) in [6.07, 6.45) is 0. The van der Waals surface area contributed by atoms with Gasteiger partial charge in [-0.15, -0.1) is 12.6 Å². The maximum Gasteiger partial charge on any atom is 1.00 e. The van der Waals surface area contributed by atoms with Crippen molar-refractivity contribution >= 4 is 42.2 Å². The topological polar surface area (TPSA) is 215 Å². The van der Waals surface area contributed by atoms with Crippen LogP contribution >= 0.6 is 12.6 Å². The molecule has 0 unspecified atom stereocenters. The van der Waals surface area contributed by atoms with E-state index in [1.54, 1.807) is 0 Å². The minimum atomic E-state index is -1.33. The number of benzene rings is 1. The number of carbonyl (C=O) groups excluding carboxylic acids is 5. The van der Waals surface area contributed by atoms with Gasteiger partial charge in [0.2, 0.25) is 17.7 Å². The number of amides is 5. The van der Waals surface area contributed by atoms with Gasteiger partial charge < -0.3 is 30.1 Å². The SMILES string of the molecule is NC(=O)c1c(S)c(C(N)=O)c(C(N)=O)c(C(N)=O)c1C(N)=O.[H-].[Na+]. The number of thiol groups is 1. The second-order valence-electron chi connectivity index (χ2n) is 4.04. The molecule has 0 fully saturated rings. The summed E-state index contributed by atoms with van der Waals surface area (Å²) in [5.74, 6) is -6.39. The number of hydrogen-bond donors (Lipinski definition) is 6. The quantitative estimate of drug-likeness (QED) is 0.226. The van der Waals surface area contributed by atoms with E-state index in [1.165, 1.54) is 0 Å². The summed E-state index contributed by atoms with van der Waals surface area (Å²) in [5, 5.41) is 0. The molecule has 10 N–H and O–H groups in total. The molecular formula is C11H12N5NaO5S. The van der Waals surface area contributed by atoms with E-state index < -0.39 is 62.2 Å². The van der Waals surface area contributed by atoms with E-state index in [-0.39, 0.29) is 31.0 Å². The molecule has 0 heterocycles. The maximum absolute atomic E-state index is 11.6. The third-order valence-electron chi connectivity index (χ3n) is 2.71. The van der Waals surface area contributed by atoms with Crippen molar-refractivity contribution in [3.8, 4) is 0 Å². The van der Waals surface area contributed by atoms with Gasteiger partial charge in [-0.3, -0.25) is 24.0 Å². The van der Waals surface area contributed by atoms with E-state index in [9.17, 15) is 24.0 Å². The Morgan fingerprint density at radius 3 is 0.913 bits per heavy atom. The monoisotopic (exact) mass is 349 g/mol. The molecule has 1 aromatic carbocycles. The third kappa shape index (κ3) is 3.64. The zero-order valence-corrected chi connectivity index (χ0v) is 14.8. The van der Waals surface area contributed by atoms with Gasteiger partial charge in [0.15, 0.2) is 0 Å². The predicted octanol–water partition coefficient (Wildman–Crippen LogP) is -5.41. The van der Waals surface area contributed by atoms with Gasteiger partial charge in [0, 0.05) is 4.90 Å². The third-order valence-corrected chi connectivity index (χ3v) is 3.15. The normalized spacial score (nSPS) is 9.61.